The Morgan fingerprint density at radius 1 is 1.07 bits per heavy atom. The molecule has 2 aromatic carbocycles. The fourth-order valence-electron chi connectivity index (χ4n) is 6.37. The van der Waals surface area contributed by atoms with Crippen LogP contribution in [-0.2, 0) is 26.7 Å². The van der Waals surface area contributed by atoms with E-state index in [1.807, 2.05) is 36.0 Å². The maximum Gasteiger partial charge on any atom is 0.421 e. The fraction of sp³-hybridized carbons (Fsp3) is 0.406. The van der Waals surface area contributed by atoms with E-state index in [9.17, 15) is 9.59 Å². The number of fused-ring (bicyclic) bond motifs is 3. The summed E-state index contributed by atoms with van der Waals surface area (Å²) in [4.78, 5) is 39.4. The van der Waals surface area contributed by atoms with Gasteiger partial charge in [-0.3, -0.25) is 9.48 Å². The van der Waals surface area contributed by atoms with Gasteiger partial charge in [-0.05, 0) is 68.7 Å². The fourth-order valence-corrected chi connectivity index (χ4v) is 6.37. The second-order valence-corrected chi connectivity index (χ2v) is 12.6. The highest BCUT2D eigenvalue weighted by atomic mass is 16.6. The van der Waals surface area contributed by atoms with E-state index >= 15 is 0 Å². The molecule has 2 fully saturated rings. The van der Waals surface area contributed by atoms with Gasteiger partial charge < -0.3 is 24.4 Å². The molecular formula is C32H35N7O5. The van der Waals surface area contributed by atoms with Gasteiger partial charge in [0.25, 0.3) is 0 Å². The zero-order valence-electron chi connectivity index (χ0n) is 25.6. The number of imide groups is 1. The summed E-state index contributed by atoms with van der Waals surface area (Å²) in [6.45, 7) is 6.94. The molecule has 2 amide bonds. The number of nitrogens with zero attached hydrogens (tertiary/aromatic N) is 6. The highest BCUT2D eigenvalue weighted by Gasteiger charge is 2.68. The molecule has 1 aliphatic carbocycles. The van der Waals surface area contributed by atoms with E-state index in [0.29, 0.717) is 29.5 Å². The van der Waals surface area contributed by atoms with E-state index in [1.54, 1.807) is 53.5 Å². The minimum atomic E-state index is -0.871. The summed E-state index contributed by atoms with van der Waals surface area (Å²) in [7, 11) is 5.20. The Labute approximate surface area is 254 Å². The molecule has 44 heavy (non-hydrogen) atoms. The van der Waals surface area contributed by atoms with Crippen molar-refractivity contribution in [3.05, 3.63) is 59.9 Å². The van der Waals surface area contributed by atoms with Crippen molar-refractivity contribution in [1.29, 1.82) is 0 Å². The van der Waals surface area contributed by atoms with Crippen molar-refractivity contribution < 1.29 is 23.8 Å². The zero-order chi connectivity index (χ0) is 31.0. The lowest BCUT2D eigenvalue weighted by Gasteiger charge is -2.38. The Kier molecular flexibility index (Phi) is 6.33. The Morgan fingerprint density at radius 2 is 1.86 bits per heavy atom. The number of carbonyl (C=O) groups is 2. The van der Waals surface area contributed by atoms with Gasteiger partial charge in [-0.25, -0.2) is 19.7 Å². The maximum atomic E-state index is 14.1. The minimum Gasteiger partial charge on any atom is -0.497 e. The predicted molar refractivity (Wildman–Crippen MR) is 165 cm³/mol. The highest BCUT2D eigenvalue weighted by molar-refractivity contribution is 6.23. The Balaban J connectivity index is 1.18. The van der Waals surface area contributed by atoms with Crippen LogP contribution in [0.15, 0.2) is 48.8 Å². The van der Waals surface area contributed by atoms with Gasteiger partial charge in [0.1, 0.15) is 29.3 Å². The first-order chi connectivity index (χ1) is 21.0. The summed E-state index contributed by atoms with van der Waals surface area (Å²) in [5.41, 5.74) is 1.62. The van der Waals surface area contributed by atoms with Gasteiger partial charge in [-0.1, -0.05) is 6.07 Å². The molecule has 12 nitrogen and oxygen atoms in total. The van der Waals surface area contributed by atoms with Gasteiger partial charge in [-0.2, -0.15) is 5.10 Å². The molecular weight excluding hydrogens is 562 g/mol. The molecule has 3 aliphatic rings. The number of amides is 2. The summed E-state index contributed by atoms with van der Waals surface area (Å²) in [5.74, 6) is 2.38. The summed E-state index contributed by atoms with van der Waals surface area (Å²) in [6, 6.07) is 13.4. The number of anilines is 4. The molecule has 2 atom stereocenters. The third kappa shape index (κ3) is 4.43. The van der Waals surface area contributed by atoms with Crippen molar-refractivity contribution in [3.8, 4) is 5.75 Å². The van der Waals surface area contributed by atoms with Gasteiger partial charge in [0.15, 0.2) is 5.82 Å². The molecule has 2 aromatic heterocycles. The second kappa shape index (κ2) is 9.91. The van der Waals surface area contributed by atoms with E-state index < -0.39 is 17.1 Å². The van der Waals surface area contributed by atoms with Crippen LogP contribution in [0.25, 0.3) is 10.9 Å². The van der Waals surface area contributed by atoms with Gasteiger partial charge in [0.2, 0.25) is 5.91 Å². The van der Waals surface area contributed by atoms with Crippen molar-refractivity contribution in [3.63, 3.8) is 0 Å². The molecule has 4 aromatic rings. The van der Waals surface area contributed by atoms with Crippen molar-refractivity contribution in [2.24, 2.45) is 7.05 Å². The lowest BCUT2D eigenvalue weighted by molar-refractivity contribution is -0.120. The molecule has 228 valence electrons. The van der Waals surface area contributed by atoms with Crippen LogP contribution < -0.4 is 19.9 Å². The minimum absolute atomic E-state index is 0.124. The molecule has 1 spiro atoms. The Morgan fingerprint density at radius 3 is 2.59 bits per heavy atom. The van der Waals surface area contributed by atoms with Crippen LogP contribution >= 0.6 is 0 Å². The topological polar surface area (TPSA) is 124 Å². The molecule has 4 heterocycles. The third-order valence-corrected chi connectivity index (χ3v) is 8.73. The third-order valence-electron chi connectivity index (χ3n) is 8.73. The average molecular weight is 598 g/mol. The van der Waals surface area contributed by atoms with Crippen molar-refractivity contribution in [2.45, 2.75) is 50.2 Å². The molecule has 1 saturated heterocycles. The monoisotopic (exact) mass is 597 g/mol. The number of ether oxygens (including phenoxy) is 3. The number of methoxy groups -OCH3 is 2. The first kappa shape index (κ1) is 28.1. The molecule has 1 N–H and O–H groups in total. The molecule has 0 bridgehead atoms. The maximum absolute atomic E-state index is 14.1. The number of rotatable bonds is 6. The number of carbonyl (C=O) groups excluding carboxylic acids is 2. The van der Waals surface area contributed by atoms with Crippen LogP contribution in [0.5, 0.6) is 5.75 Å². The molecule has 1 saturated carbocycles. The normalized spacial score (nSPS) is 21.0. The van der Waals surface area contributed by atoms with E-state index in [-0.39, 0.29) is 17.9 Å². The number of nitrogens with one attached hydrogen (secondary N) is 1. The molecule has 7 rings (SSSR count). The van der Waals surface area contributed by atoms with E-state index in [4.69, 9.17) is 19.3 Å². The standard InChI is InChI=1S/C32H35N7O5/c1-31(2,3)44-30(41)39-24-10-8-19(42-5)12-22(24)32(29(39)40)14-23(32)18-7-9-21-25(11-18)37(4)36-28(21)35-26-13-27(34-17-33-26)38-15-20(16-38)43-6/h7-13,17,20,23H,14-16H2,1-6H3,(H,33,34,35,36)/t23-,32-/m0/s1. The van der Waals surface area contributed by atoms with Crippen LogP contribution in [0.2, 0.25) is 0 Å². The second-order valence-electron chi connectivity index (χ2n) is 12.6. The Hall–Kier alpha value is -4.71. The summed E-state index contributed by atoms with van der Waals surface area (Å²) in [6.07, 6.45) is 1.66. The van der Waals surface area contributed by atoms with Crippen LogP contribution in [0, 0.1) is 0 Å². The zero-order valence-corrected chi connectivity index (χ0v) is 25.6. The van der Waals surface area contributed by atoms with Crippen LogP contribution in [0.3, 0.4) is 0 Å². The summed E-state index contributed by atoms with van der Waals surface area (Å²) in [5, 5.41) is 9.00. The first-order valence-electron chi connectivity index (χ1n) is 14.6. The van der Waals surface area contributed by atoms with Gasteiger partial charge in [0, 0.05) is 44.6 Å². The number of benzene rings is 2. The lowest BCUT2D eigenvalue weighted by Crippen LogP contribution is -2.52. The number of aryl methyl sites for hydroxylation is 1. The van der Waals surface area contributed by atoms with Gasteiger partial charge in [-0.15, -0.1) is 0 Å². The summed E-state index contributed by atoms with van der Waals surface area (Å²) < 4.78 is 18.3. The van der Waals surface area contributed by atoms with Crippen molar-refractivity contribution >= 4 is 46.0 Å². The van der Waals surface area contributed by atoms with Crippen LogP contribution in [-0.4, -0.2) is 70.8 Å². The number of hydrogen-bond acceptors (Lipinski definition) is 10. The van der Waals surface area contributed by atoms with Gasteiger partial charge in [0.05, 0.1) is 29.8 Å². The summed E-state index contributed by atoms with van der Waals surface area (Å²) >= 11 is 0. The number of aromatic nitrogens is 4. The van der Waals surface area contributed by atoms with Crippen LogP contribution in [0.4, 0.5) is 27.9 Å². The van der Waals surface area contributed by atoms with Crippen LogP contribution in [0.1, 0.15) is 44.2 Å². The highest BCUT2D eigenvalue weighted by Crippen LogP contribution is 2.67. The lowest BCUT2D eigenvalue weighted by atomic mass is 9.91. The Bertz CT molecular complexity index is 1810. The quantitative estimate of drug-likeness (QED) is 0.336. The molecule has 0 radical (unpaired) electrons. The van der Waals surface area contributed by atoms with E-state index in [0.717, 1.165) is 40.9 Å². The van der Waals surface area contributed by atoms with Crippen molar-refractivity contribution in [1.82, 2.24) is 19.7 Å². The number of hydrogen-bond donors (Lipinski definition) is 1. The average Bonchev–Trinajstić information content (AvgIpc) is 3.58. The SMILES string of the molecule is COc1ccc2c(c1)[C@]1(C[C@H]1c1ccc3c(Nc4cc(N5CC(OC)C5)ncn4)nn(C)c3c1)C(=O)N2C(=O)OC(C)(C)C. The molecule has 2 aliphatic heterocycles. The van der Waals surface area contributed by atoms with E-state index in [2.05, 4.69) is 26.3 Å². The molecule has 0 unspecified atom stereocenters. The first-order valence-corrected chi connectivity index (χ1v) is 14.6. The van der Waals surface area contributed by atoms with Crippen molar-refractivity contribution in [2.75, 3.05) is 42.4 Å². The largest absolute Gasteiger partial charge is 0.497 e. The van der Waals surface area contributed by atoms with Gasteiger partial charge >= 0.3 is 6.09 Å². The van der Waals surface area contributed by atoms with E-state index in [1.165, 1.54) is 4.90 Å². The predicted octanol–water partition coefficient (Wildman–Crippen LogP) is 4.66. The molecule has 12 heteroatoms. The smallest absolute Gasteiger partial charge is 0.421 e.